The number of aryl methyl sites for hydroxylation is 2. The van der Waals surface area contributed by atoms with Crippen molar-refractivity contribution in [2.75, 3.05) is 0 Å². The van der Waals surface area contributed by atoms with Gasteiger partial charge in [-0.05, 0) is 36.0 Å². The van der Waals surface area contributed by atoms with Gasteiger partial charge in [0.2, 0.25) is 0 Å². The normalized spacial score (nSPS) is 14.1. The minimum Gasteiger partial charge on any atom is -0.324 e. The summed E-state index contributed by atoms with van der Waals surface area (Å²) in [7, 11) is 0. The van der Waals surface area contributed by atoms with E-state index < -0.39 is 0 Å². The topological polar surface area (TPSA) is 26.0 Å². The van der Waals surface area contributed by atoms with Gasteiger partial charge in [0.15, 0.2) is 0 Å². The minimum absolute atomic E-state index is 0.0861. The van der Waals surface area contributed by atoms with Crippen molar-refractivity contribution in [1.82, 2.24) is 0 Å². The Kier molecular flexibility index (Phi) is 3.62. The van der Waals surface area contributed by atoms with E-state index in [-0.39, 0.29) is 11.5 Å². The lowest BCUT2D eigenvalue weighted by Crippen LogP contribution is -2.26. The zero-order valence-corrected chi connectivity index (χ0v) is 11.8. The molecule has 0 fully saturated rings. The molecule has 1 aromatic carbocycles. The van der Waals surface area contributed by atoms with Gasteiger partial charge in [-0.15, -0.1) is 0 Å². The quantitative estimate of drug-likeness (QED) is 0.816. The Labute approximate surface area is 101 Å². The molecule has 0 radical (unpaired) electrons. The maximum absolute atomic E-state index is 6.24. The molecule has 1 nitrogen and oxygen atoms in total. The fraction of sp³-hybridized carbons (Fsp3) is 0.538. The summed E-state index contributed by atoms with van der Waals surface area (Å²) in [5.41, 5.74) is 10.1. The minimum atomic E-state index is 0.0861. The molecule has 0 aliphatic heterocycles. The zero-order chi connectivity index (χ0) is 11.8. The third kappa shape index (κ3) is 2.82. The molecule has 1 rings (SSSR count). The van der Waals surface area contributed by atoms with Crippen molar-refractivity contribution >= 4 is 15.9 Å². The fourth-order valence-corrected chi connectivity index (χ4v) is 1.89. The highest BCUT2D eigenvalue weighted by molar-refractivity contribution is 9.10. The van der Waals surface area contributed by atoms with E-state index in [0.29, 0.717) is 0 Å². The molecule has 2 N–H and O–H groups in total. The van der Waals surface area contributed by atoms with Gasteiger partial charge in [-0.25, -0.2) is 0 Å². The molecule has 0 heterocycles. The predicted molar refractivity (Wildman–Crippen MR) is 70.0 cm³/mol. The van der Waals surface area contributed by atoms with E-state index in [1.165, 1.54) is 21.2 Å². The zero-order valence-electron chi connectivity index (χ0n) is 10.2. The second kappa shape index (κ2) is 4.26. The van der Waals surface area contributed by atoms with Crippen LogP contribution in [-0.2, 0) is 0 Å². The first-order valence-corrected chi connectivity index (χ1v) is 6.05. The lowest BCUT2D eigenvalue weighted by molar-refractivity contribution is 0.327. The molecule has 0 saturated heterocycles. The van der Waals surface area contributed by atoms with Crippen molar-refractivity contribution in [2.24, 2.45) is 11.1 Å². The van der Waals surface area contributed by atoms with Crippen molar-refractivity contribution in [3.63, 3.8) is 0 Å². The Bertz CT molecular complexity index is 340. The Morgan fingerprint density at radius 3 is 1.87 bits per heavy atom. The number of hydrogen-bond donors (Lipinski definition) is 1. The SMILES string of the molecule is Cc1cc(C(N)C(C)(C)C)cc(C)c1Br. The number of hydrogen-bond acceptors (Lipinski definition) is 1. The molecule has 84 valence electrons. The number of benzene rings is 1. The predicted octanol–water partition coefficient (Wildman–Crippen LogP) is 4.11. The summed E-state index contributed by atoms with van der Waals surface area (Å²) < 4.78 is 1.19. The highest BCUT2D eigenvalue weighted by Gasteiger charge is 2.22. The van der Waals surface area contributed by atoms with Gasteiger partial charge in [0.1, 0.15) is 0 Å². The Morgan fingerprint density at radius 2 is 1.53 bits per heavy atom. The third-order valence-electron chi connectivity index (χ3n) is 2.75. The van der Waals surface area contributed by atoms with Gasteiger partial charge in [0.25, 0.3) is 0 Å². The van der Waals surface area contributed by atoms with Crippen LogP contribution in [0.2, 0.25) is 0 Å². The fourth-order valence-electron chi connectivity index (χ4n) is 1.66. The van der Waals surface area contributed by atoms with E-state index in [1.807, 2.05) is 0 Å². The molecule has 0 spiro atoms. The first-order valence-electron chi connectivity index (χ1n) is 5.25. The van der Waals surface area contributed by atoms with Crippen LogP contribution in [-0.4, -0.2) is 0 Å². The standard InChI is InChI=1S/C13H20BrN/c1-8-6-10(7-9(2)11(8)14)12(15)13(3,4)5/h6-7,12H,15H2,1-5H3. The van der Waals surface area contributed by atoms with Gasteiger partial charge >= 0.3 is 0 Å². The largest absolute Gasteiger partial charge is 0.324 e. The van der Waals surface area contributed by atoms with Crippen LogP contribution in [0.5, 0.6) is 0 Å². The average Bonchev–Trinajstić information content (AvgIpc) is 2.10. The van der Waals surface area contributed by atoms with E-state index in [0.717, 1.165) is 0 Å². The van der Waals surface area contributed by atoms with E-state index in [1.54, 1.807) is 0 Å². The van der Waals surface area contributed by atoms with Crippen LogP contribution in [0.4, 0.5) is 0 Å². The molecule has 2 heteroatoms. The smallest absolute Gasteiger partial charge is 0.0344 e. The second-order valence-corrected chi connectivity index (χ2v) is 6.11. The molecule has 15 heavy (non-hydrogen) atoms. The molecule has 0 aliphatic carbocycles. The van der Waals surface area contributed by atoms with Crippen molar-refractivity contribution in [3.8, 4) is 0 Å². The van der Waals surface area contributed by atoms with Gasteiger partial charge in [0.05, 0.1) is 0 Å². The lowest BCUT2D eigenvalue weighted by Gasteiger charge is -2.28. The van der Waals surface area contributed by atoms with Gasteiger partial charge in [0, 0.05) is 10.5 Å². The van der Waals surface area contributed by atoms with Gasteiger partial charge in [-0.2, -0.15) is 0 Å². The monoisotopic (exact) mass is 269 g/mol. The van der Waals surface area contributed by atoms with E-state index in [2.05, 4.69) is 62.7 Å². The molecular weight excluding hydrogens is 250 g/mol. The first-order chi connectivity index (χ1) is 6.73. The summed E-state index contributed by atoms with van der Waals surface area (Å²) in [5.74, 6) is 0. The molecular formula is C13H20BrN. The highest BCUT2D eigenvalue weighted by atomic mass is 79.9. The molecule has 1 atom stereocenters. The summed E-state index contributed by atoms with van der Waals surface area (Å²) in [6.45, 7) is 10.7. The summed E-state index contributed by atoms with van der Waals surface area (Å²) in [6, 6.07) is 4.43. The Hall–Kier alpha value is -0.340. The van der Waals surface area contributed by atoms with Gasteiger partial charge in [-0.1, -0.05) is 48.8 Å². The van der Waals surface area contributed by atoms with Crippen LogP contribution in [0, 0.1) is 19.3 Å². The van der Waals surface area contributed by atoms with E-state index in [4.69, 9.17) is 5.73 Å². The molecule has 0 aliphatic rings. The summed E-state index contributed by atoms with van der Waals surface area (Å²) in [6.07, 6.45) is 0. The van der Waals surface area contributed by atoms with Crippen LogP contribution in [0.1, 0.15) is 43.5 Å². The maximum Gasteiger partial charge on any atom is 0.0344 e. The number of rotatable bonds is 1. The van der Waals surface area contributed by atoms with Crippen molar-refractivity contribution in [2.45, 2.75) is 40.7 Å². The van der Waals surface area contributed by atoms with Crippen LogP contribution >= 0.6 is 15.9 Å². The van der Waals surface area contributed by atoms with Crippen molar-refractivity contribution in [1.29, 1.82) is 0 Å². The van der Waals surface area contributed by atoms with Crippen LogP contribution in [0.3, 0.4) is 0 Å². The molecule has 1 unspecified atom stereocenters. The number of nitrogens with two attached hydrogens (primary N) is 1. The first kappa shape index (κ1) is 12.7. The second-order valence-electron chi connectivity index (χ2n) is 5.31. The van der Waals surface area contributed by atoms with Crippen LogP contribution in [0.25, 0.3) is 0 Å². The van der Waals surface area contributed by atoms with Gasteiger partial charge in [-0.3, -0.25) is 0 Å². The molecule has 0 amide bonds. The summed E-state index contributed by atoms with van der Waals surface area (Å²) in [4.78, 5) is 0. The Balaban J connectivity index is 3.17. The van der Waals surface area contributed by atoms with Crippen LogP contribution < -0.4 is 5.73 Å². The van der Waals surface area contributed by atoms with E-state index in [9.17, 15) is 0 Å². The highest BCUT2D eigenvalue weighted by Crippen LogP contribution is 2.33. The molecule has 1 aromatic rings. The molecule has 0 bridgehead atoms. The molecule has 0 saturated carbocycles. The summed E-state index contributed by atoms with van der Waals surface area (Å²) in [5, 5.41) is 0. The lowest BCUT2D eigenvalue weighted by atomic mass is 9.82. The summed E-state index contributed by atoms with van der Waals surface area (Å²) >= 11 is 3.57. The van der Waals surface area contributed by atoms with Crippen molar-refractivity contribution < 1.29 is 0 Å². The average molecular weight is 270 g/mol. The van der Waals surface area contributed by atoms with E-state index >= 15 is 0 Å². The van der Waals surface area contributed by atoms with Crippen LogP contribution in [0.15, 0.2) is 16.6 Å². The van der Waals surface area contributed by atoms with Gasteiger partial charge < -0.3 is 5.73 Å². The van der Waals surface area contributed by atoms with Crippen molar-refractivity contribution in [3.05, 3.63) is 33.3 Å². The maximum atomic E-state index is 6.24. The molecule has 0 aromatic heterocycles. The third-order valence-corrected chi connectivity index (χ3v) is 4.00. The number of halogens is 1. The Morgan fingerprint density at radius 1 is 1.13 bits per heavy atom.